The van der Waals surface area contributed by atoms with Crippen molar-refractivity contribution in [2.24, 2.45) is 11.3 Å². The molecule has 2 unspecified atom stereocenters. The van der Waals surface area contributed by atoms with Gasteiger partial charge in [0.15, 0.2) is 0 Å². The van der Waals surface area contributed by atoms with Crippen molar-refractivity contribution in [3.05, 3.63) is 0 Å². The van der Waals surface area contributed by atoms with Crippen LogP contribution in [0.2, 0.25) is 0 Å². The fourth-order valence-electron chi connectivity index (χ4n) is 3.86. The smallest absolute Gasteiger partial charge is 0.0244 e. The molecule has 1 aliphatic carbocycles. The maximum Gasteiger partial charge on any atom is 0.0244 e. The number of hydrogen-bond donors (Lipinski definition) is 1. The van der Waals surface area contributed by atoms with Gasteiger partial charge in [0.1, 0.15) is 0 Å². The van der Waals surface area contributed by atoms with E-state index >= 15 is 0 Å². The first kappa shape index (κ1) is 15.3. The molecule has 1 N–H and O–H groups in total. The highest BCUT2D eigenvalue weighted by molar-refractivity contribution is 4.94. The summed E-state index contributed by atoms with van der Waals surface area (Å²) in [7, 11) is 0. The fraction of sp³-hybridized carbons (Fsp3) is 1.00. The summed E-state index contributed by atoms with van der Waals surface area (Å²) in [6.45, 7) is 14.3. The summed E-state index contributed by atoms with van der Waals surface area (Å²) >= 11 is 0. The number of nitrogens with one attached hydrogen (secondary N) is 1. The highest BCUT2D eigenvalue weighted by Gasteiger charge is 2.36. The number of piperazine rings is 1. The van der Waals surface area contributed by atoms with Crippen LogP contribution in [0.15, 0.2) is 0 Å². The van der Waals surface area contributed by atoms with Crippen LogP contribution in [0.4, 0.5) is 0 Å². The van der Waals surface area contributed by atoms with Gasteiger partial charge in [-0.05, 0) is 43.9 Å². The first-order valence-corrected chi connectivity index (χ1v) is 8.41. The van der Waals surface area contributed by atoms with Crippen LogP contribution in [0.1, 0.15) is 66.7 Å². The Kier molecular flexibility index (Phi) is 4.94. The van der Waals surface area contributed by atoms with E-state index in [1.807, 2.05) is 0 Å². The van der Waals surface area contributed by atoms with E-state index in [1.165, 1.54) is 38.6 Å². The molecule has 1 heterocycles. The molecule has 0 bridgehead atoms. The minimum absolute atomic E-state index is 0.374. The molecule has 112 valence electrons. The van der Waals surface area contributed by atoms with Gasteiger partial charge in [0.05, 0.1) is 0 Å². The largest absolute Gasteiger partial charge is 0.311 e. The Morgan fingerprint density at radius 3 is 2.26 bits per heavy atom. The van der Waals surface area contributed by atoms with E-state index in [2.05, 4.69) is 44.8 Å². The summed E-state index contributed by atoms with van der Waals surface area (Å²) in [6, 6.07) is 2.21. The lowest BCUT2D eigenvalue weighted by molar-refractivity contribution is 0.0354. The van der Waals surface area contributed by atoms with E-state index in [1.54, 1.807) is 0 Å². The summed E-state index contributed by atoms with van der Waals surface area (Å²) in [5.41, 5.74) is 0.374. The molecule has 0 radical (unpaired) electrons. The first-order chi connectivity index (χ1) is 8.91. The monoisotopic (exact) mass is 266 g/mol. The Labute approximate surface area is 120 Å². The average Bonchev–Trinajstić information content (AvgIpc) is 2.38. The molecule has 2 nitrogen and oxygen atoms in total. The van der Waals surface area contributed by atoms with Crippen molar-refractivity contribution >= 4 is 0 Å². The minimum atomic E-state index is 0.374. The third-order valence-electron chi connectivity index (χ3n) is 5.53. The van der Waals surface area contributed by atoms with Crippen LogP contribution >= 0.6 is 0 Å². The van der Waals surface area contributed by atoms with Gasteiger partial charge < -0.3 is 5.32 Å². The highest BCUT2D eigenvalue weighted by Crippen LogP contribution is 2.32. The predicted octanol–water partition coefficient (Wildman–Crippen LogP) is 3.66. The molecule has 0 aromatic heterocycles. The zero-order chi connectivity index (χ0) is 14.0. The van der Waals surface area contributed by atoms with Gasteiger partial charge in [-0.25, -0.2) is 0 Å². The Bertz CT molecular complexity index is 273. The predicted molar refractivity (Wildman–Crippen MR) is 83.5 cm³/mol. The van der Waals surface area contributed by atoms with Crippen molar-refractivity contribution in [1.82, 2.24) is 10.2 Å². The third-order valence-corrected chi connectivity index (χ3v) is 5.53. The maximum absolute atomic E-state index is 3.76. The standard InChI is InChI=1S/C17H34N2/c1-6-14-7-9-15(10-8-14)19-12-16(17(3,4)5)18-11-13(19)2/h13-16,18H,6-12H2,1-5H3. The Morgan fingerprint density at radius 1 is 1.11 bits per heavy atom. The van der Waals surface area contributed by atoms with Crippen molar-refractivity contribution < 1.29 is 0 Å². The molecule has 0 spiro atoms. The van der Waals surface area contributed by atoms with E-state index in [-0.39, 0.29) is 0 Å². The molecule has 2 heteroatoms. The third kappa shape index (κ3) is 3.72. The minimum Gasteiger partial charge on any atom is -0.311 e. The second-order valence-corrected chi connectivity index (χ2v) is 7.96. The van der Waals surface area contributed by atoms with Crippen LogP contribution in [0.25, 0.3) is 0 Å². The van der Waals surface area contributed by atoms with Crippen molar-refractivity contribution in [3.63, 3.8) is 0 Å². The van der Waals surface area contributed by atoms with Gasteiger partial charge >= 0.3 is 0 Å². The number of hydrogen-bond acceptors (Lipinski definition) is 2. The average molecular weight is 266 g/mol. The van der Waals surface area contributed by atoms with Gasteiger partial charge in [-0.15, -0.1) is 0 Å². The molecule has 1 saturated carbocycles. The molecule has 0 aromatic rings. The molecule has 2 aliphatic rings. The highest BCUT2D eigenvalue weighted by atomic mass is 15.3. The van der Waals surface area contributed by atoms with Crippen LogP contribution in [-0.2, 0) is 0 Å². The maximum atomic E-state index is 3.76. The summed E-state index contributed by atoms with van der Waals surface area (Å²) in [6.07, 6.45) is 7.16. The van der Waals surface area contributed by atoms with E-state index in [9.17, 15) is 0 Å². The fourth-order valence-corrected chi connectivity index (χ4v) is 3.86. The molecule has 0 aromatic carbocycles. The summed E-state index contributed by atoms with van der Waals surface area (Å²) < 4.78 is 0. The molecule has 19 heavy (non-hydrogen) atoms. The molecular weight excluding hydrogens is 232 g/mol. The van der Waals surface area contributed by atoms with Crippen LogP contribution < -0.4 is 5.32 Å². The van der Waals surface area contributed by atoms with Gasteiger partial charge in [-0.2, -0.15) is 0 Å². The van der Waals surface area contributed by atoms with Gasteiger partial charge in [-0.3, -0.25) is 4.90 Å². The molecule has 1 aliphatic heterocycles. The Morgan fingerprint density at radius 2 is 1.74 bits per heavy atom. The second-order valence-electron chi connectivity index (χ2n) is 7.96. The molecule has 0 amide bonds. The van der Waals surface area contributed by atoms with Crippen LogP contribution in [-0.4, -0.2) is 36.1 Å². The molecule has 2 rings (SSSR count). The molecular formula is C17H34N2. The first-order valence-electron chi connectivity index (χ1n) is 8.41. The van der Waals surface area contributed by atoms with E-state index < -0.39 is 0 Å². The van der Waals surface area contributed by atoms with Gasteiger partial charge in [0.25, 0.3) is 0 Å². The quantitative estimate of drug-likeness (QED) is 0.820. The molecule has 2 fully saturated rings. The SMILES string of the molecule is CCC1CCC(N2CC(C(C)(C)C)NCC2C)CC1. The van der Waals surface area contributed by atoms with E-state index in [0.29, 0.717) is 17.5 Å². The second kappa shape index (κ2) is 6.13. The lowest BCUT2D eigenvalue weighted by Crippen LogP contribution is -2.62. The van der Waals surface area contributed by atoms with Gasteiger partial charge in [0, 0.05) is 31.2 Å². The van der Waals surface area contributed by atoms with Crippen LogP contribution in [0.3, 0.4) is 0 Å². The van der Waals surface area contributed by atoms with Crippen molar-refractivity contribution in [2.45, 2.75) is 84.8 Å². The molecule has 2 atom stereocenters. The zero-order valence-corrected chi connectivity index (χ0v) is 13.7. The number of rotatable bonds is 2. The topological polar surface area (TPSA) is 15.3 Å². The Hall–Kier alpha value is -0.0800. The lowest BCUT2D eigenvalue weighted by Gasteiger charge is -2.48. The van der Waals surface area contributed by atoms with Crippen LogP contribution in [0.5, 0.6) is 0 Å². The van der Waals surface area contributed by atoms with Gasteiger partial charge in [0.2, 0.25) is 0 Å². The van der Waals surface area contributed by atoms with Crippen molar-refractivity contribution in [2.75, 3.05) is 13.1 Å². The van der Waals surface area contributed by atoms with Crippen LogP contribution in [0, 0.1) is 11.3 Å². The normalized spacial score (nSPS) is 38.4. The van der Waals surface area contributed by atoms with Crippen molar-refractivity contribution in [1.29, 1.82) is 0 Å². The summed E-state index contributed by atoms with van der Waals surface area (Å²) in [4.78, 5) is 2.82. The number of nitrogens with zero attached hydrogens (tertiary/aromatic N) is 1. The van der Waals surface area contributed by atoms with E-state index in [0.717, 1.165) is 18.5 Å². The zero-order valence-electron chi connectivity index (χ0n) is 13.7. The summed E-state index contributed by atoms with van der Waals surface area (Å²) in [5, 5.41) is 3.76. The lowest BCUT2D eigenvalue weighted by atomic mass is 9.81. The van der Waals surface area contributed by atoms with Gasteiger partial charge in [-0.1, -0.05) is 34.1 Å². The molecule has 1 saturated heterocycles. The summed E-state index contributed by atoms with van der Waals surface area (Å²) in [5.74, 6) is 1.01. The van der Waals surface area contributed by atoms with Crippen molar-refractivity contribution in [3.8, 4) is 0 Å². The Balaban J connectivity index is 1.94. The van der Waals surface area contributed by atoms with E-state index in [4.69, 9.17) is 0 Å².